The summed E-state index contributed by atoms with van der Waals surface area (Å²) < 4.78 is 0. The van der Waals surface area contributed by atoms with Gasteiger partial charge in [-0.15, -0.1) is 0 Å². The van der Waals surface area contributed by atoms with Crippen molar-refractivity contribution in [3.8, 4) is 0 Å². The molecule has 0 aromatic heterocycles. The van der Waals surface area contributed by atoms with Gasteiger partial charge in [-0.2, -0.15) is 0 Å². The molecule has 0 saturated heterocycles. The second-order valence-corrected chi connectivity index (χ2v) is 20.9. The maximum absolute atomic E-state index is 13.6. The normalized spacial score (nSPS) is 23.1. The summed E-state index contributed by atoms with van der Waals surface area (Å²) >= 11 is 0. The Morgan fingerprint density at radius 2 is 1.37 bits per heavy atom. The van der Waals surface area contributed by atoms with E-state index in [1.165, 1.54) is 5.56 Å². The van der Waals surface area contributed by atoms with Gasteiger partial charge in [0.05, 0.1) is 22.1 Å². The second-order valence-electron chi connectivity index (χ2n) is 10.8. The molecule has 2 aliphatic rings. The number of hydrogen-bond acceptors (Lipinski definition) is 2. The lowest BCUT2D eigenvalue weighted by Crippen LogP contribution is -2.41. The molecule has 1 saturated carbocycles. The van der Waals surface area contributed by atoms with E-state index in [-0.39, 0.29) is 28.9 Å². The largest absolute Gasteiger partial charge is 0.343 e. The SMILES string of the molecule is CCN(CC)C(=O)[C@H]1[C@H](c2ccccc2)C12C=C([Si](C)(C)C)C(=O)C([Si](C)(C)C)=C2. The molecule has 3 rings (SSSR count). The molecule has 5 heteroatoms. The van der Waals surface area contributed by atoms with Crippen LogP contribution in [0.5, 0.6) is 0 Å². The average molecular weight is 440 g/mol. The first-order valence-corrected chi connectivity index (χ1v) is 18.2. The quantitative estimate of drug-likeness (QED) is 0.553. The summed E-state index contributed by atoms with van der Waals surface area (Å²) in [7, 11) is -3.72. The van der Waals surface area contributed by atoms with Gasteiger partial charge in [0.2, 0.25) is 5.91 Å². The minimum atomic E-state index is -1.86. The zero-order valence-corrected chi connectivity index (χ0v) is 21.9. The number of rotatable bonds is 6. The van der Waals surface area contributed by atoms with Gasteiger partial charge in [-0.3, -0.25) is 9.59 Å². The lowest BCUT2D eigenvalue weighted by atomic mass is 9.92. The fraction of sp³-hybridized carbons (Fsp3) is 0.520. The summed E-state index contributed by atoms with van der Waals surface area (Å²) in [4.78, 5) is 29.1. The Morgan fingerprint density at radius 3 is 1.77 bits per heavy atom. The van der Waals surface area contributed by atoms with E-state index in [0.29, 0.717) is 0 Å². The smallest absolute Gasteiger partial charge is 0.227 e. The van der Waals surface area contributed by atoms with Crippen LogP contribution in [0.1, 0.15) is 25.3 Å². The number of benzene rings is 1. The van der Waals surface area contributed by atoms with Crippen LogP contribution in [0.3, 0.4) is 0 Å². The van der Waals surface area contributed by atoms with Crippen molar-refractivity contribution in [1.29, 1.82) is 0 Å². The van der Waals surface area contributed by atoms with Crippen molar-refractivity contribution in [2.45, 2.75) is 59.0 Å². The molecule has 2 atom stereocenters. The molecule has 0 unspecified atom stereocenters. The fourth-order valence-corrected chi connectivity index (χ4v) is 8.07. The maximum Gasteiger partial charge on any atom is 0.227 e. The molecule has 1 aromatic carbocycles. The van der Waals surface area contributed by atoms with Crippen molar-refractivity contribution in [2.75, 3.05) is 13.1 Å². The van der Waals surface area contributed by atoms with Crippen molar-refractivity contribution in [2.24, 2.45) is 11.3 Å². The first kappa shape index (κ1) is 22.9. The molecule has 0 heterocycles. The average Bonchev–Trinajstić information content (AvgIpc) is 3.30. The third-order valence-corrected chi connectivity index (χ3v) is 10.7. The van der Waals surface area contributed by atoms with Gasteiger partial charge < -0.3 is 4.90 Å². The molecule has 30 heavy (non-hydrogen) atoms. The highest BCUT2D eigenvalue weighted by Gasteiger charge is 2.68. The van der Waals surface area contributed by atoms with E-state index in [1.54, 1.807) is 0 Å². The third kappa shape index (κ3) is 3.82. The highest BCUT2D eigenvalue weighted by molar-refractivity contribution is 6.93. The van der Waals surface area contributed by atoms with Crippen molar-refractivity contribution < 1.29 is 9.59 Å². The van der Waals surface area contributed by atoms with Crippen LogP contribution in [-0.2, 0) is 9.59 Å². The van der Waals surface area contributed by atoms with Crippen molar-refractivity contribution >= 4 is 27.8 Å². The number of carbonyl (C=O) groups excluding carboxylic acids is 2. The molecule has 0 N–H and O–H groups in total. The van der Waals surface area contributed by atoms with Crippen LogP contribution >= 0.6 is 0 Å². The van der Waals surface area contributed by atoms with Crippen LogP contribution in [0.2, 0.25) is 39.3 Å². The van der Waals surface area contributed by atoms with Crippen LogP contribution in [0, 0.1) is 11.3 Å². The monoisotopic (exact) mass is 439 g/mol. The molecular formula is C25H37NO2Si2. The Bertz CT molecular complexity index is 865. The Labute approximate surface area is 184 Å². The van der Waals surface area contributed by atoms with Crippen LogP contribution in [0.4, 0.5) is 0 Å². The van der Waals surface area contributed by atoms with Gasteiger partial charge in [0.25, 0.3) is 0 Å². The second kappa shape index (κ2) is 7.75. The summed E-state index contributed by atoms with van der Waals surface area (Å²) in [6, 6.07) is 10.4. The van der Waals surface area contributed by atoms with Crippen molar-refractivity contribution in [3.05, 3.63) is 58.4 Å². The van der Waals surface area contributed by atoms with Crippen molar-refractivity contribution in [1.82, 2.24) is 4.90 Å². The topological polar surface area (TPSA) is 37.4 Å². The minimum absolute atomic E-state index is 0.109. The van der Waals surface area contributed by atoms with E-state index in [2.05, 4.69) is 75.7 Å². The number of Topliss-reactive ketones (excluding diaryl/α,β-unsaturated/α-hetero) is 1. The van der Waals surface area contributed by atoms with E-state index in [0.717, 1.165) is 23.5 Å². The van der Waals surface area contributed by atoms with E-state index in [1.807, 2.05) is 24.8 Å². The summed E-state index contributed by atoms with van der Waals surface area (Å²) in [5.74, 6) is 0.468. The minimum Gasteiger partial charge on any atom is -0.343 e. The Morgan fingerprint density at radius 1 is 0.900 bits per heavy atom. The van der Waals surface area contributed by atoms with Gasteiger partial charge in [-0.05, 0) is 29.8 Å². The molecule has 1 amide bonds. The molecule has 1 fully saturated rings. The first-order valence-electron chi connectivity index (χ1n) is 11.2. The van der Waals surface area contributed by atoms with Crippen LogP contribution in [0.25, 0.3) is 0 Å². The lowest BCUT2D eigenvalue weighted by Gasteiger charge is -2.32. The van der Waals surface area contributed by atoms with E-state index in [4.69, 9.17) is 0 Å². The Kier molecular flexibility index (Phi) is 5.93. The molecule has 162 valence electrons. The fourth-order valence-electron chi connectivity index (χ4n) is 4.95. The van der Waals surface area contributed by atoms with Crippen LogP contribution in [0.15, 0.2) is 52.9 Å². The predicted molar refractivity (Wildman–Crippen MR) is 131 cm³/mol. The Balaban J connectivity index is 2.23. The van der Waals surface area contributed by atoms with E-state index in [9.17, 15) is 9.59 Å². The number of carbonyl (C=O) groups is 2. The first-order chi connectivity index (χ1) is 13.9. The standard InChI is InChI=1S/C25H37NO2Si2/c1-9-26(10-2)24(28)22-21(18-14-12-11-13-15-18)25(22)16-19(29(3,4)5)23(27)20(17-25)30(6,7)8/h11-17,21-22H,9-10H2,1-8H3/t21-,22+/m0/s1. The zero-order valence-electron chi connectivity index (χ0n) is 19.9. The van der Waals surface area contributed by atoms with Gasteiger partial charge in [-0.25, -0.2) is 0 Å². The van der Waals surface area contributed by atoms with Gasteiger partial charge in [0.15, 0.2) is 5.78 Å². The highest BCUT2D eigenvalue weighted by Crippen LogP contribution is 2.69. The van der Waals surface area contributed by atoms with E-state index < -0.39 is 16.1 Å². The molecule has 1 aromatic rings. The van der Waals surface area contributed by atoms with Crippen LogP contribution < -0.4 is 0 Å². The zero-order chi connectivity index (χ0) is 22.5. The number of nitrogens with zero attached hydrogens (tertiary/aromatic N) is 1. The maximum atomic E-state index is 13.6. The van der Waals surface area contributed by atoms with E-state index >= 15 is 0 Å². The molecule has 3 nitrogen and oxygen atoms in total. The number of ketones is 1. The molecule has 0 aliphatic heterocycles. The van der Waals surface area contributed by atoms with Gasteiger partial charge in [0, 0.05) is 24.4 Å². The van der Waals surface area contributed by atoms with Crippen molar-refractivity contribution in [3.63, 3.8) is 0 Å². The predicted octanol–water partition coefficient (Wildman–Crippen LogP) is 5.45. The summed E-state index contributed by atoms with van der Waals surface area (Å²) in [5, 5.41) is 2.02. The summed E-state index contributed by atoms with van der Waals surface area (Å²) in [6.45, 7) is 19.0. The summed E-state index contributed by atoms with van der Waals surface area (Å²) in [5.41, 5.74) is 0.842. The number of allylic oxidation sites excluding steroid dienone is 4. The molecule has 0 radical (unpaired) electrons. The van der Waals surface area contributed by atoms with Gasteiger partial charge >= 0.3 is 0 Å². The lowest BCUT2D eigenvalue weighted by molar-refractivity contribution is -0.132. The molecule has 0 bridgehead atoms. The number of hydrogen-bond donors (Lipinski definition) is 0. The summed E-state index contributed by atoms with van der Waals surface area (Å²) in [6.07, 6.45) is 4.46. The molecule has 2 aliphatic carbocycles. The van der Waals surface area contributed by atoms with Crippen LogP contribution in [-0.4, -0.2) is 45.8 Å². The Hall–Kier alpha value is -1.73. The van der Waals surface area contributed by atoms with Gasteiger partial charge in [-0.1, -0.05) is 81.8 Å². The molecular weight excluding hydrogens is 402 g/mol. The highest BCUT2D eigenvalue weighted by atomic mass is 28.3. The third-order valence-electron chi connectivity index (χ3n) is 6.70. The molecule has 1 spiro atoms. The number of amides is 1. The van der Waals surface area contributed by atoms with Gasteiger partial charge in [0.1, 0.15) is 0 Å².